The molecule has 0 saturated carbocycles. The molecule has 4 aliphatic heterocycles. The first-order valence-corrected chi connectivity index (χ1v) is 15.3. The van der Waals surface area contributed by atoms with Crippen LogP contribution in [0.5, 0.6) is 11.5 Å². The fourth-order valence-corrected chi connectivity index (χ4v) is 9.91. The normalized spacial score (nSPS) is 19.6. The molecule has 0 N–H and O–H groups in total. The van der Waals surface area contributed by atoms with Crippen molar-refractivity contribution in [2.75, 3.05) is 0 Å². The average molecular weight is 559 g/mol. The predicted octanol–water partition coefficient (Wildman–Crippen LogP) is 5.97. The number of aromatic nitrogens is 4. The smallest absolute Gasteiger partial charge is 0.321 e. The molecule has 7 heteroatoms. The Morgan fingerprint density at radius 2 is 1.29 bits per heavy atom. The van der Waals surface area contributed by atoms with Gasteiger partial charge in [0.1, 0.15) is 33.0 Å². The second-order valence-electron chi connectivity index (χ2n) is 11.5. The van der Waals surface area contributed by atoms with Crippen molar-refractivity contribution in [3.63, 3.8) is 0 Å². The number of benzene rings is 4. The highest BCUT2D eigenvalue weighted by Crippen LogP contribution is 2.57. The number of nitrogens with zero attached hydrogens (tertiary/aromatic N) is 4. The van der Waals surface area contributed by atoms with Crippen LogP contribution in [0.4, 0.5) is 0 Å². The summed E-state index contributed by atoms with van der Waals surface area (Å²) in [6, 6.07) is 34.0. The van der Waals surface area contributed by atoms with Crippen molar-refractivity contribution in [1.82, 2.24) is 9.13 Å². The molecule has 0 saturated heterocycles. The zero-order chi connectivity index (χ0) is 27.1. The first-order chi connectivity index (χ1) is 20.8. The summed E-state index contributed by atoms with van der Waals surface area (Å²) in [4.78, 5) is 1.68. The van der Waals surface area contributed by atoms with Gasteiger partial charge in [-0.05, 0) is 66.7 Å². The van der Waals surface area contributed by atoms with E-state index >= 15 is 0 Å². The Hall–Kier alpha value is -5.27. The molecule has 4 aliphatic rings. The van der Waals surface area contributed by atoms with Crippen LogP contribution in [0.3, 0.4) is 0 Å². The van der Waals surface area contributed by atoms with Crippen LogP contribution in [-0.4, -0.2) is 13.3 Å². The molecule has 8 heterocycles. The van der Waals surface area contributed by atoms with E-state index in [0.29, 0.717) is 0 Å². The molecule has 4 aromatic heterocycles. The Morgan fingerprint density at radius 1 is 0.595 bits per heavy atom. The van der Waals surface area contributed by atoms with Gasteiger partial charge >= 0.3 is 11.5 Å². The highest BCUT2D eigenvalue weighted by molar-refractivity contribution is 7.85. The highest BCUT2D eigenvalue weighted by Gasteiger charge is 2.65. The number of ether oxygens (including phenoxy) is 1. The summed E-state index contributed by atoms with van der Waals surface area (Å²) in [5.74, 6) is 3.71. The summed E-state index contributed by atoms with van der Waals surface area (Å²) >= 11 is 0. The maximum Gasteiger partial charge on any atom is 0.321 e. The molecule has 8 aromatic rings. The van der Waals surface area contributed by atoms with Crippen LogP contribution in [0.25, 0.3) is 55.2 Å². The van der Waals surface area contributed by atoms with E-state index in [-0.39, 0.29) is 0 Å². The molecule has 42 heavy (non-hydrogen) atoms. The number of para-hydroxylation sites is 2. The Balaban J connectivity index is 1.46. The highest BCUT2D eigenvalue weighted by atomic mass is 32.2. The quantitative estimate of drug-likeness (QED) is 0.216. The van der Waals surface area contributed by atoms with Crippen molar-refractivity contribution >= 4 is 54.4 Å². The van der Waals surface area contributed by atoms with Crippen LogP contribution < -0.4 is 13.9 Å². The Bertz CT molecular complexity index is 2700. The van der Waals surface area contributed by atoms with Gasteiger partial charge in [0.15, 0.2) is 16.6 Å². The third kappa shape index (κ3) is 1.84. The van der Waals surface area contributed by atoms with E-state index in [2.05, 4.69) is 103 Å². The monoisotopic (exact) mass is 558 g/mol. The lowest BCUT2D eigenvalue weighted by Crippen LogP contribution is -2.79. The minimum Gasteiger partial charge on any atom is -0.456 e. The van der Waals surface area contributed by atoms with Crippen molar-refractivity contribution in [1.29, 1.82) is 0 Å². The molecule has 0 bridgehead atoms. The van der Waals surface area contributed by atoms with Gasteiger partial charge in [0.25, 0.3) is 5.82 Å². The Kier molecular flexibility index (Phi) is 3.09. The van der Waals surface area contributed by atoms with Gasteiger partial charge in [0, 0.05) is 27.6 Å². The van der Waals surface area contributed by atoms with Gasteiger partial charge in [-0.15, -0.1) is 0 Å². The summed E-state index contributed by atoms with van der Waals surface area (Å²) in [6.07, 6.45) is 4.36. The summed E-state index contributed by atoms with van der Waals surface area (Å²) in [5.41, 5.74) is 5.86. The minimum atomic E-state index is -1.32. The van der Waals surface area contributed by atoms with Crippen LogP contribution in [0.15, 0.2) is 119 Å². The molecular formula is C35H18N4O2S+2. The van der Waals surface area contributed by atoms with E-state index in [0.717, 1.165) is 76.9 Å². The second kappa shape index (κ2) is 6.30. The number of hydrogen-bond donors (Lipinski definition) is 0. The first-order valence-electron chi connectivity index (χ1n) is 14.1. The lowest BCUT2D eigenvalue weighted by atomic mass is 9.81. The molecule has 1 spiro atoms. The Morgan fingerprint density at radius 3 is 2.17 bits per heavy atom. The van der Waals surface area contributed by atoms with Crippen molar-refractivity contribution < 1.29 is 18.1 Å². The Labute approximate surface area is 240 Å². The lowest BCUT2D eigenvalue weighted by Gasteiger charge is -2.41. The van der Waals surface area contributed by atoms with Gasteiger partial charge in [0.05, 0.1) is 28.1 Å². The fourth-order valence-electron chi connectivity index (χ4n) is 8.54. The van der Waals surface area contributed by atoms with E-state index in [4.69, 9.17) is 4.74 Å². The molecule has 0 aliphatic carbocycles. The summed E-state index contributed by atoms with van der Waals surface area (Å²) in [7, 11) is -1.32. The summed E-state index contributed by atoms with van der Waals surface area (Å²) in [6.45, 7) is 0. The SMILES string of the molecule is O=S1c2ccc[n+]3c2-n2c4c1cccc4c1ccc4c(c12)C31c2c(ccc3c5ccccc5n(c23)-c2cccc[n+]21)O4. The van der Waals surface area contributed by atoms with Gasteiger partial charge in [-0.3, -0.25) is 0 Å². The van der Waals surface area contributed by atoms with E-state index < -0.39 is 16.5 Å². The largest absolute Gasteiger partial charge is 0.456 e. The minimum absolute atomic E-state index is 0.805. The standard InChI is InChI=1S/C35H18N4O2S/c40-42-26-10-5-8-20-22-14-16-25-30-33(22)39(31(20)26)34-27(42)11-6-18-37(34)35(30)29-24(41-25)15-13-21-19-7-1-2-9-23(19)38(32(21)29)28-12-3-4-17-36(28)35/h1-18H/q+2. The zero-order valence-electron chi connectivity index (χ0n) is 21.9. The van der Waals surface area contributed by atoms with Gasteiger partial charge in [-0.2, -0.15) is 18.3 Å². The molecule has 0 amide bonds. The lowest BCUT2D eigenvalue weighted by molar-refractivity contribution is -0.968. The molecule has 0 radical (unpaired) electrons. The van der Waals surface area contributed by atoms with E-state index in [1.54, 1.807) is 0 Å². The number of fused-ring (bicyclic) bond motifs is 6. The van der Waals surface area contributed by atoms with Crippen LogP contribution in [0.2, 0.25) is 0 Å². The maximum atomic E-state index is 14.3. The molecule has 6 nitrogen and oxygen atoms in total. The maximum absolute atomic E-state index is 14.3. The van der Waals surface area contributed by atoms with Crippen molar-refractivity contribution in [3.05, 3.63) is 121 Å². The molecule has 2 unspecified atom stereocenters. The van der Waals surface area contributed by atoms with Crippen LogP contribution in [0.1, 0.15) is 11.1 Å². The molecular weight excluding hydrogens is 540 g/mol. The zero-order valence-corrected chi connectivity index (χ0v) is 22.7. The third-order valence-corrected chi connectivity index (χ3v) is 11.3. The van der Waals surface area contributed by atoms with E-state index in [1.165, 1.54) is 10.8 Å². The number of pyridine rings is 2. The number of rotatable bonds is 0. The summed E-state index contributed by atoms with van der Waals surface area (Å²) in [5, 5.41) is 4.67. The molecule has 0 fully saturated rings. The van der Waals surface area contributed by atoms with Gasteiger partial charge in [0.2, 0.25) is 0 Å². The fraction of sp³-hybridized carbons (Fsp3) is 0.0286. The van der Waals surface area contributed by atoms with Gasteiger partial charge in [-0.25, -0.2) is 4.21 Å². The molecule has 194 valence electrons. The molecule has 4 aromatic carbocycles. The van der Waals surface area contributed by atoms with Crippen molar-refractivity contribution in [2.24, 2.45) is 0 Å². The van der Waals surface area contributed by atoms with Crippen molar-refractivity contribution in [3.8, 4) is 23.1 Å². The van der Waals surface area contributed by atoms with E-state index in [1.807, 2.05) is 24.3 Å². The van der Waals surface area contributed by atoms with Crippen molar-refractivity contribution in [2.45, 2.75) is 15.5 Å². The third-order valence-electron chi connectivity index (χ3n) is 9.90. The molecule has 12 rings (SSSR count). The topological polar surface area (TPSA) is 43.9 Å². The van der Waals surface area contributed by atoms with Gasteiger partial charge in [-0.1, -0.05) is 24.3 Å². The molecule has 2 atom stereocenters. The number of hydrogen-bond acceptors (Lipinski definition) is 2. The summed E-state index contributed by atoms with van der Waals surface area (Å²) < 4.78 is 30.7. The van der Waals surface area contributed by atoms with Crippen LogP contribution in [-0.2, 0) is 16.5 Å². The van der Waals surface area contributed by atoms with Crippen LogP contribution in [0, 0.1) is 0 Å². The van der Waals surface area contributed by atoms with E-state index in [9.17, 15) is 4.21 Å². The van der Waals surface area contributed by atoms with Crippen LogP contribution >= 0.6 is 0 Å². The van der Waals surface area contributed by atoms with Gasteiger partial charge < -0.3 is 4.74 Å². The average Bonchev–Trinajstić information content (AvgIpc) is 3.56. The predicted molar refractivity (Wildman–Crippen MR) is 158 cm³/mol. The first kappa shape index (κ1) is 20.6. The second-order valence-corrected chi connectivity index (χ2v) is 13.0.